The zero-order chi connectivity index (χ0) is 16.4. The highest BCUT2D eigenvalue weighted by Gasteiger charge is 2.28. The van der Waals surface area contributed by atoms with Gasteiger partial charge in [0, 0.05) is 24.6 Å². The fourth-order valence-electron chi connectivity index (χ4n) is 2.80. The highest BCUT2D eigenvalue weighted by molar-refractivity contribution is 5.79. The van der Waals surface area contributed by atoms with Crippen molar-refractivity contribution in [2.75, 3.05) is 13.1 Å². The highest BCUT2D eigenvalue weighted by atomic mass is 19.1. The van der Waals surface area contributed by atoms with Crippen molar-refractivity contribution < 1.29 is 18.4 Å². The van der Waals surface area contributed by atoms with Crippen LogP contribution < -0.4 is 4.74 Å². The molecule has 0 aliphatic carbocycles. The highest BCUT2D eigenvalue weighted by Crippen LogP contribution is 2.21. The van der Waals surface area contributed by atoms with Crippen LogP contribution in [0.2, 0.25) is 0 Å². The minimum atomic E-state index is -0.327. The molecule has 0 N–H and O–H groups in total. The number of carbonyl (C=O) groups excluding carboxylic acids is 1. The first-order valence-corrected chi connectivity index (χ1v) is 7.64. The Bertz CT molecular complexity index is 694. The molecule has 0 unspecified atom stereocenters. The number of amides is 1. The molecule has 1 amide bonds. The van der Waals surface area contributed by atoms with Gasteiger partial charge in [-0.15, -0.1) is 0 Å². The van der Waals surface area contributed by atoms with E-state index in [-0.39, 0.29) is 24.2 Å². The smallest absolute Gasteiger partial charge is 0.227 e. The molecule has 0 bridgehead atoms. The van der Waals surface area contributed by atoms with Gasteiger partial charge in [0.05, 0.1) is 18.7 Å². The quantitative estimate of drug-likeness (QED) is 0.869. The van der Waals surface area contributed by atoms with E-state index >= 15 is 0 Å². The molecular weight excluding hydrogens is 299 g/mol. The lowest BCUT2D eigenvalue weighted by Gasteiger charge is -2.17. The molecule has 1 aromatic heterocycles. The van der Waals surface area contributed by atoms with Crippen molar-refractivity contribution in [1.82, 2.24) is 10.1 Å². The number of ether oxygens (including phenoxy) is 1. The average Bonchev–Trinajstić information content (AvgIpc) is 3.09. The fraction of sp³-hybridized carbons (Fsp3) is 0.412. The van der Waals surface area contributed by atoms with Crippen LogP contribution in [-0.4, -0.2) is 35.2 Å². The second-order valence-corrected chi connectivity index (χ2v) is 5.81. The molecule has 1 aromatic carbocycles. The Kier molecular flexibility index (Phi) is 4.32. The van der Waals surface area contributed by atoms with Gasteiger partial charge in [-0.25, -0.2) is 4.39 Å². The van der Waals surface area contributed by atoms with Crippen LogP contribution in [0.25, 0.3) is 0 Å². The number of hydrogen-bond donors (Lipinski definition) is 0. The Morgan fingerprint density at radius 3 is 3.00 bits per heavy atom. The number of likely N-dealkylation sites (tertiary alicyclic amines) is 1. The maximum atomic E-state index is 13.2. The van der Waals surface area contributed by atoms with E-state index < -0.39 is 0 Å². The molecule has 6 heteroatoms. The lowest BCUT2D eigenvalue weighted by molar-refractivity contribution is -0.129. The number of rotatable bonds is 4. The van der Waals surface area contributed by atoms with E-state index in [1.54, 1.807) is 17.0 Å². The normalized spacial score (nSPS) is 17.5. The van der Waals surface area contributed by atoms with Crippen molar-refractivity contribution in [3.63, 3.8) is 0 Å². The Balaban J connectivity index is 1.58. The minimum absolute atomic E-state index is 0.0322. The van der Waals surface area contributed by atoms with Crippen LogP contribution >= 0.6 is 0 Å². The minimum Gasteiger partial charge on any atom is -0.488 e. The molecule has 2 aromatic rings. The molecule has 0 radical (unpaired) electrons. The van der Waals surface area contributed by atoms with Crippen LogP contribution in [0, 0.1) is 19.7 Å². The van der Waals surface area contributed by atoms with Crippen LogP contribution in [0.5, 0.6) is 5.75 Å². The van der Waals surface area contributed by atoms with E-state index in [0.717, 1.165) is 17.7 Å². The Morgan fingerprint density at radius 1 is 1.48 bits per heavy atom. The summed E-state index contributed by atoms with van der Waals surface area (Å²) in [5.41, 5.74) is 1.60. The predicted octanol–water partition coefficient (Wildman–Crippen LogP) is 2.65. The summed E-state index contributed by atoms with van der Waals surface area (Å²) in [6, 6.07) is 6.06. The molecule has 0 saturated carbocycles. The van der Waals surface area contributed by atoms with Crippen LogP contribution in [0.3, 0.4) is 0 Å². The first kappa shape index (κ1) is 15.5. The van der Waals surface area contributed by atoms with Gasteiger partial charge in [0.15, 0.2) is 0 Å². The maximum Gasteiger partial charge on any atom is 0.227 e. The van der Waals surface area contributed by atoms with Crippen molar-refractivity contribution in [3.05, 3.63) is 47.1 Å². The summed E-state index contributed by atoms with van der Waals surface area (Å²) in [7, 11) is 0. The summed E-state index contributed by atoms with van der Waals surface area (Å²) in [5, 5.41) is 3.87. The summed E-state index contributed by atoms with van der Waals surface area (Å²) < 4.78 is 24.0. The van der Waals surface area contributed by atoms with Gasteiger partial charge in [-0.3, -0.25) is 4.79 Å². The van der Waals surface area contributed by atoms with Crippen LogP contribution in [0.1, 0.15) is 23.4 Å². The van der Waals surface area contributed by atoms with Crippen molar-refractivity contribution >= 4 is 5.91 Å². The number of benzene rings is 1. The van der Waals surface area contributed by atoms with Gasteiger partial charge >= 0.3 is 0 Å². The van der Waals surface area contributed by atoms with Crippen LogP contribution in [0.4, 0.5) is 4.39 Å². The Hall–Kier alpha value is -2.37. The molecule has 1 atom stereocenters. The second kappa shape index (κ2) is 6.40. The van der Waals surface area contributed by atoms with Crippen molar-refractivity contribution in [2.24, 2.45) is 0 Å². The number of halogens is 1. The number of nitrogens with zero attached hydrogens (tertiary/aromatic N) is 2. The van der Waals surface area contributed by atoms with Gasteiger partial charge in [0.25, 0.3) is 0 Å². The molecule has 0 spiro atoms. The van der Waals surface area contributed by atoms with E-state index in [4.69, 9.17) is 9.26 Å². The Labute approximate surface area is 134 Å². The summed E-state index contributed by atoms with van der Waals surface area (Å²) in [6.07, 6.45) is 0.919. The number of aryl methyl sites for hydroxylation is 2. The summed E-state index contributed by atoms with van der Waals surface area (Å²) in [4.78, 5) is 14.2. The van der Waals surface area contributed by atoms with E-state index in [2.05, 4.69) is 5.16 Å². The molecule has 2 heterocycles. The van der Waals surface area contributed by atoms with Gasteiger partial charge in [0.1, 0.15) is 23.4 Å². The van der Waals surface area contributed by atoms with Gasteiger partial charge in [-0.05, 0) is 26.0 Å². The van der Waals surface area contributed by atoms with Crippen molar-refractivity contribution in [2.45, 2.75) is 32.8 Å². The van der Waals surface area contributed by atoms with Crippen molar-refractivity contribution in [3.8, 4) is 5.75 Å². The number of hydrogen-bond acceptors (Lipinski definition) is 4. The summed E-state index contributed by atoms with van der Waals surface area (Å²) in [6.45, 7) is 4.79. The lowest BCUT2D eigenvalue weighted by atomic mass is 10.1. The van der Waals surface area contributed by atoms with Gasteiger partial charge in [-0.2, -0.15) is 0 Å². The molecule has 23 heavy (non-hydrogen) atoms. The van der Waals surface area contributed by atoms with Crippen molar-refractivity contribution in [1.29, 1.82) is 0 Å². The van der Waals surface area contributed by atoms with Gasteiger partial charge in [0.2, 0.25) is 5.91 Å². The summed E-state index contributed by atoms with van der Waals surface area (Å²) >= 11 is 0. The molecule has 1 aliphatic rings. The van der Waals surface area contributed by atoms with Crippen LogP contribution in [0.15, 0.2) is 28.8 Å². The van der Waals surface area contributed by atoms with Gasteiger partial charge < -0.3 is 14.2 Å². The zero-order valence-corrected chi connectivity index (χ0v) is 13.2. The fourth-order valence-corrected chi connectivity index (χ4v) is 2.80. The first-order valence-electron chi connectivity index (χ1n) is 7.64. The zero-order valence-electron chi connectivity index (χ0n) is 13.2. The number of carbonyl (C=O) groups is 1. The average molecular weight is 318 g/mol. The SMILES string of the molecule is Cc1noc(C)c1CC(=O)N1CC[C@H](Oc2cccc(F)c2)C1. The van der Waals surface area contributed by atoms with E-state index in [1.807, 2.05) is 13.8 Å². The molecule has 1 saturated heterocycles. The molecule has 1 fully saturated rings. The molecule has 1 aliphatic heterocycles. The molecule has 122 valence electrons. The van der Waals surface area contributed by atoms with Crippen LogP contribution in [-0.2, 0) is 11.2 Å². The third-order valence-corrected chi connectivity index (χ3v) is 4.11. The van der Waals surface area contributed by atoms with E-state index in [1.165, 1.54) is 12.1 Å². The van der Waals surface area contributed by atoms with E-state index in [9.17, 15) is 9.18 Å². The predicted molar refractivity (Wildman–Crippen MR) is 81.7 cm³/mol. The van der Waals surface area contributed by atoms with Gasteiger partial charge in [-0.1, -0.05) is 11.2 Å². The lowest BCUT2D eigenvalue weighted by Crippen LogP contribution is -2.32. The summed E-state index contributed by atoms with van der Waals surface area (Å²) in [5.74, 6) is 0.884. The monoisotopic (exact) mass is 318 g/mol. The Morgan fingerprint density at radius 2 is 2.30 bits per heavy atom. The third kappa shape index (κ3) is 3.52. The number of aromatic nitrogens is 1. The standard InChI is InChI=1S/C17H19FN2O3/c1-11-16(12(2)23-19-11)9-17(21)20-7-6-15(10-20)22-14-5-3-4-13(18)8-14/h3-5,8,15H,6-7,9-10H2,1-2H3/t15-/m0/s1. The topological polar surface area (TPSA) is 55.6 Å². The second-order valence-electron chi connectivity index (χ2n) is 5.81. The molecule has 3 rings (SSSR count). The first-order chi connectivity index (χ1) is 11.0. The third-order valence-electron chi connectivity index (χ3n) is 4.11. The largest absolute Gasteiger partial charge is 0.488 e. The molecular formula is C17H19FN2O3. The molecule has 5 nitrogen and oxygen atoms in total. The maximum absolute atomic E-state index is 13.2. The van der Waals surface area contributed by atoms with E-state index in [0.29, 0.717) is 24.6 Å².